The molecule has 1 saturated carbocycles. The molecule has 3 amide bonds. The molecule has 2 aromatic carbocycles. The van der Waals surface area contributed by atoms with Gasteiger partial charge in [-0.1, -0.05) is 54.1 Å². The molecule has 1 atom stereocenters. The topological polar surface area (TPSA) is 87.7 Å². The maximum atomic E-state index is 13.4. The number of piperazine rings is 1. The number of ether oxygens (including phenoxy) is 1. The van der Waals surface area contributed by atoms with E-state index in [1.54, 1.807) is 4.90 Å². The van der Waals surface area contributed by atoms with Gasteiger partial charge in [0.15, 0.2) is 0 Å². The largest absolute Gasteiger partial charge is 0.444 e. The first-order chi connectivity index (χ1) is 17.5. The van der Waals surface area contributed by atoms with E-state index in [1.807, 2.05) is 75.4 Å². The Morgan fingerprint density at radius 3 is 2.46 bits per heavy atom. The van der Waals surface area contributed by atoms with Crippen molar-refractivity contribution >= 4 is 29.5 Å². The molecule has 0 unspecified atom stereocenters. The lowest BCUT2D eigenvalue weighted by Gasteiger charge is -2.45. The molecule has 0 bridgehead atoms. The van der Waals surface area contributed by atoms with Crippen molar-refractivity contribution in [2.24, 2.45) is 0 Å². The summed E-state index contributed by atoms with van der Waals surface area (Å²) in [4.78, 5) is 40.2. The summed E-state index contributed by atoms with van der Waals surface area (Å²) in [6, 6.07) is 16.9. The fourth-order valence-electron chi connectivity index (χ4n) is 5.44. The van der Waals surface area contributed by atoms with Gasteiger partial charge in [-0.3, -0.25) is 9.59 Å². The van der Waals surface area contributed by atoms with Crippen molar-refractivity contribution in [2.75, 3.05) is 13.1 Å². The Balaban J connectivity index is 1.47. The number of alkyl carbamates (subject to hydrolysis) is 1. The highest BCUT2D eigenvalue weighted by Crippen LogP contribution is 2.41. The van der Waals surface area contributed by atoms with Gasteiger partial charge < -0.3 is 20.3 Å². The number of amides is 3. The van der Waals surface area contributed by atoms with E-state index in [0.717, 1.165) is 36.8 Å². The van der Waals surface area contributed by atoms with E-state index < -0.39 is 17.7 Å². The minimum Gasteiger partial charge on any atom is -0.444 e. The summed E-state index contributed by atoms with van der Waals surface area (Å²) in [6.07, 6.45) is 2.94. The molecule has 8 heteroatoms. The van der Waals surface area contributed by atoms with Crippen LogP contribution in [0.5, 0.6) is 0 Å². The number of hydrogen-bond acceptors (Lipinski definition) is 4. The van der Waals surface area contributed by atoms with Crippen LogP contribution in [0, 0.1) is 0 Å². The molecule has 2 aliphatic rings. The van der Waals surface area contributed by atoms with Crippen LogP contribution < -0.4 is 10.6 Å². The summed E-state index contributed by atoms with van der Waals surface area (Å²) in [7, 11) is 0. The third-order valence-corrected chi connectivity index (χ3v) is 7.51. The SMILES string of the molecule is CC(C)(C)OC(=O)NCC1(c2cccc(Cl)c2)CCC(N2CC(=O)N[C@@H](Cc3ccccc3)C2=O)CC1. The van der Waals surface area contributed by atoms with Crippen LogP contribution in [0.3, 0.4) is 0 Å². The molecule has 1 heterocycles. The number of hydrogen-bond donors (Lipinski definition) is 2. The highest BCUT2D eigenvalue weighted by Gasteiger charge is 2.43. The molecule has 7 nitrogen and oxygen atoms in total. The maximum absolute atomic E-state index is 13.4. The summed E-state index contributed by atoms with van der Waals surface area (Å²) < 4.78 is 5.46. The Morgan fingerprint density at radius 1 is 1.11 bits per heavy atom. The molecular formula is C29H36ClN3O4. The van der Waals surface area contributed by atoms with Crippen molar-refractivity contribution in [3.63, 3.8) is 0 Å². The van der Waals surface area contributed by atoms with Crippen molar-refractivity contribution in [1.82, 2.24) is 15.5 Å². The number of carbonyl (C=O) groups is 3. The molecule has 2 N–H and O–H groups in total. The summed E-state index contributed by atoms with van der Waals surface area (Å²) in [5.74, 6) is -0.158. The predicted molar refractivity (Wildman–Crippen MR) is 143 cm³/mol. The van der Waals surface area contributed by atoms with Crippen LogP contribution in [0.15, 0.2) is 54.6 Å². The van der Waals surface area contributed by atoms with Gasteiger partial charge >= 0.3 is 6.09 Å². The zero-order valence-electron chi connectivity index (χ0n) is 21.8. The second-order valence-electron chi connectivity index (χ2n) is 11.2. The molecule has 2 fully saturated rings. The first kappa shape index (κ1) is 27.0. The molecule has 198 valence electrons. The van der Waals surface area contributed by atoms with Gasteiger partial charge in [0.25, 0.3) is 0 Å². The monoisotopic (exact) mass is 525 g/mol. The molecule has 1 aliphatic carbocycles. The lowest BCUT2D eigenvalue weighted by molar-refractivity contribution is -0.147. The van der Waals surface area contributed by atoms with Crippen molar-refractivity contribution in [2.45, 2.75) is 76.0 Å². The summed E-state index contributed by atoms with van der Waals surface area (Å²) >= 11 is 6.33. The third kappa shape index (κ3) is 6.83. The number of benzene rings is 2. The van der Waals surface area contributed by atoms with E-state index in [-0.39, 0.29) is 29.8 Å². The van der Waals surface area contributed by atoms with E-state index in [0.29, 0.717) is 18.0 Å². The Morgan fingerprint density at radius 2 is 1.81 bits per heavy atom. The van der Waals surface area contributed by atoms with Gasteiger partial charge in [-0.2, -0.15) is 0 Å². The highest BCUT2D eigenvalue weighted by atomic mass is 35.5. The molecule has 1 aliphatic heterocycles. The number of carbonyl (C=O) groups excluding carboxylic acids is 3. The number of rotatable bonds is 6. The van der Waals surface area contributed by atoms with E-state index in [4.69, 9.17) is 16.3 Å². The third-order valence-electron chi connectivity index (χ3n) is 7.27. The van der Waals surface area contributed by atoms with Gasteiger partial charge in [0.1, 0.15) is 11.6 Å². The molecule has 0 aromatic heterocycles. The Bertz CT molecular complexity index is 1120. The molecule has 2 aromatic rings. The van der Waals surface area contributed by atoms with Gasteiger partial charge in [0.05, 0.1) is 6.54 Å². The van der Waals surface area contributed by atoms with E-state index in [9.17, 15) is 14.4 Å². The first-order valence-corrected chi connectivity index (χ1v) is 13.3. The van der Waals surface area contributed by atoms with Crippen molar-refractivity contribution in [3.8, 4) is 0 Å². The lowest BCUT2D eigenvalue weighted by Crippen LogP contribution is -2.62. The molecule has 0 spiro atoms. The van der Waals surface area contributed by atoms with Crippen LogP contribution in [-0.2, 0) is 26.2 Å². The fraction of sp³-hybridized carbons (Fsp3) is 0.483. The lowest BCUT2D eigenvalue weighted by atomic mass is 9.67. The van der Waals surface area contributed by atoms with Crippen LogP contribution in [-0.4, -0.2) is 53.6 Å². The molecule has 4 rings (SSSR count). The predicted octanol–water partition coefficient (Wildman–Crippen LogP) is 4.61. The average molecular weight is 526 g/mol. The van der Waals surface area contributed by atoms with Gasteiger partial charge in [0.2, 0.25) is 11.8 Å². The fourth-order valence-corrected chi connectivity index (χ4v) is 5.63. The standard InChI is InChI=1S/C29H36ClN3O4/c1-28(2,3)37-27(36)31-19-29(21-10-7-11-22(30)17-21)14-12-23(13-15-29)33-18-25(34)32-24(26(33)35)16-20-8-5-4-6-9-20/h4-11,17,23-24H,12-16,18-19H2,1-3H3,(H,31,36)(H,32,34)/t23?,24-,29?/m0/s1. The zero-order valence-corrected chi connectivity index (χ0v) is 22.5. The first-order valence-electron chi connectivity index (χ1n) is 12.9. The second kappa shape index (κ2) is 11.1. The smallest absolute Gasteiger partial charge is 0.407 e. The van der Waals surface area contributed by atoms with Gasteiger partial charge in [-0.25, -0.2) is 4.79 Å². The number of nitrogens with zero attached hydrogens (tertiary/aromatic N) is 1. The van der Waals surface area contributed by atoms with Crippen LogP contribution in [0.2, 0.25) is 5.02 Å². The average Bonchev–Trinajstić information content (AvgIpc) is 2.85. The number of halogens is 1. The molecule has 37 heavy (non-hydrogen) atoms. The van der Waals surface area contributed by atoms with E-state index in [2.05, 4.69) is 10.6 Å². The van der Waals surface area contributed by atoms with Crippen LogP contribution in [0.1, 0.15) is 57.6 Å². The summed E-state index contributed by atoms with van der Waals surface area (Å²) in [5, 5.41) is 6.48. The van der Waals surface area contributed by atoms with Crippen molar-refractivity contribution < 1.29 is 19.1 Å². The minimum absolute atomic E-state index is 0.0319. The molecular weight excluding hydrogens is 490 g/mol. The summed E-state index contributed by atoms with van der Waals surface area (Å²) in [6.45, 7) is 5.99. The van der Waals surface area contributed by atoms with Crippen LogP contribution in [0.25, 0.3) is 0 Å². The second-order valence-corrected chi connectivity index (χ2v) is 11.6. The van der Waals surface area contributed by atoms with E-state index >= 15 is 0 Å². The molecule has 1 saturated heterocycles. The zero-order chi connectivity index (χ0) is 26.6. The minimum atomic E-state index is -0.587. The normalized spacial score (nSPS) is 24.4. The highest BCUT2D eigenvalue weighted by molar-refractivity contribution is 6.30. The maximum Gasteiger partial charge on any atom is 0.407 e. The Hall–Kier alpha value is -3.06. The van der Waals surface area contributed by atoms with E-state index in [1.165, 1.54) is 0 Å². The van der Waals surface area contributed by atoms with Crippen molar-refractivity contribution in [3.05, 3.63) is 70.7 Å². The number of nitrogens with one attached hydrogen (secondary N) is 2. The quantitative estimate of drug-likeness (QED) is 0.576. The van der Waals surface area contributed by atoms with Gasteiger partial charge in [-0.15, -0.1) is 0 Å². The van der Waals surface area contributed by atoms with Crippen LogP contribution in [0.4, 0.5) is 4.79 Å². The van der Waals surface area contributed by atoms with Crippen LogP contribution >= 0.6 is 11.6 Å². The van der Waals surface area contributed by atoms with Crippen molar-refractivity contribution in [1.29, 1.82) is 0 Å². The molecule has 0 radical (unpaired) electrons. The summed E-state index contributed by atoms with van der Waals surface area (Å²) in [5.41, 5.74) is 1.14. The van der Waals surface area contributed by atoms with Gasteiger partial charge in [0, 0.05) is 29.4 Å². The van der Waals surface area contributed by atoms with Gasteiger partial charge in [-0.05, 0) is 69.7 Å². The Kier molecular flexibility index (Phi) is 8.12. The Labute approximate surface area is 223 Å².